The van der Waals surface area contributed by atoms with E-state index in [4.69, 9.17) is 5.73 Å². The molecule has 0 radical (unpaired) electrons. The molecule has 0 aliphatic heterocycles. The molecule has 0 aromatic heterocycles. The second kappa shape index (κ2) is 6.29. The van der Waals surface area contributed by atoms with E-state index in [9.17, 15) is 4.79 Å². The monoisotopic (exact) mass is 274 g/mol. The molecule has 2 rings (SSSR count). The summed E-state index contributed by atoms with van der Waals surface area (Å²) in [5, 5.41) is 0. The second-order valence-electron chi connectivity index (χ2n) is 5.89. The third-order valence-electron chi connectivity index (χ3n) is 4.57. The van der Waals surface area contributed by atoms with Gasteiger partial charge in [-0.05, 0) is 43.9 Å². The van der Waals surface area contributed by atoms with Crippen LogP contribution in [0.1, 0.15) is 52.4 Å². The molecule has 1 saturated carbocycles. The summed E-state index contributed by atoms with van der Waals surface area (Å²) in [6, 6.07) is 7.69. The van der Waals surface area contributed by atoms with Crippen LogP contribution in [0.2, 0.25) is 0 Å². The Labute approximate surface area is 122 Å². The smallest absolute Gasteiger partial charge is 0.233 e. The van der Waals surface area contributed by atoms with Gasteiger partial charge in [-0.2, -0.15) is 0 Å². The van der Waals surface area contributed by atoms with Gasteiger partial charge in [0, 0.05) is 23.3 Å². The van der Waals surface area contributed by atoms with Crippen molar-refractivity contribution in [2.24, 2.45) is 5.41 Å². The number of amides is 1. The van der Waals surface area contributed by atoms with Crippen LogP contribution in [-0.2, 0) is 4.79 Å². The first-order valence-electron chi connectivity index (χ1n) is 7.80. The lowest BCUT2D eigenvalue weighted by Crippen LogP contribution is -2.43. The molecule has 1 aliphatic rings. The summed E-state index contributed by atoms with van der Waals surface area (Å²) in [5.74, 6) is 0.296. The highest BCUT2D eigenvalue weighted by Gasteiger charge is 2.42. The summed E-state index contributed by atoms with van der Waals surface area (Å²) in [6.07, 6.45) is 6.32. The Balaban J connectivity index is 2.30. The van der Waals surface area contributed by atoms with E-state index in [1.165, 1.54) is 12.8 Å². The van der Waals surface area contributed by atoms with Crippen molar-refractivity contribution in [1.82, 2.24) is 0 Å². The topological polar surface area (TPSA) is 46.3 Å². The van der Waals surface area contributed by atoms with Gasteiger partial charge >= 0.3 is 0 Å². The minimum absolute atomic E-state index is 0.139. The summed E-state index contributed by atoms with van der Waals surface area (Å²) in [4.78, 5) is 15.0. The first kappa shape index (κ1) is 14.9. The van der Waals surface area contributed by atoms with Crippen molar-refractivity contribution in [3.05, 3.63) is 24.3 Å². The van der Waals surface area contributed by atoms with E-state index in [0.717, 1.165) is 37.9 Å². The number of benzene rings is 1. The molecule has 0 spiro atoms. The molecular formula is C17H26N2O. The molecule has 3 nitrogen and oxygen atoms in total. The number of carbonyl (C=O) groups excluding carboxylic acids is 1. The molecule has 0 bridgehead atoms. The van der Waals surface area contributed by atoms with Gasteiger partial charge in [0.2, 0.25) is 5.91 Å². The van der Waals surface area contributed by atoms with Crippen LogP contribution >= 0.6 is 0 Å². The quantitative estimate of drug-likeness (QED) is 0.825. The summed E-state index contributed by atoms with van der Waals surface area (Å²) in [5.41, 5.74) is 7.39. The predicted molar refractivity (Wildman–Crippen MR) is 84.7 cm³/mol. The van der Waals surface area contributed by atoms with E-state index in [-0.39, 0.29) is 5.41 Å². The molecule has 20 heavy (non-hydrogen) atoms. The summed E-state index contributed by atoms with van der Waals surface area (Å²) in [7, 11) is 0. The number of nitrogens with zero attached hydrogens (tertiary/aromatic N) is 1. The Kier molecular flexibility index (Phi) is 4.69. The highest BCUT2D eigenvalue weighted by molar-refractivity contribution is 5.98. The van der Waals surface area contributed by atoms with Crippen LogP contribution in [-0.4, -0.2) is 12.5 Å². The Hall–Kier alpha value is -1.51. The van der Waals surface area contributed by atoms with E-state index in [2.05, 4.69) is 13.8 Å². The third kappa shape index (κ3) is 2.82. The molecule has 1 fully saturated rings. The summed E-state index contributed by atoms with van der Waals surface area (Å²) in [6.45, 7) is 5.02. The Bertz CT molecular complexity index is 464. The van der Waals surface area contributed by atoms with Crippen LogP contribution in [0.25, 0.3) is 0 Å². The van der Waals surface area contributed by atoms with Crippen molar-refractivity contribution in [3.63, 3.8) is 0 Å². The zero-order valence-corrected chi connectivity index (χ0v) is 12.7. The van der Waals surface area contributed by atoms with E-state index < -0.39 is 0 Å². The van der Waals surface area contributed by atoms with Crippen molar-refractivity contribution < 1.29 is 4.79 Å². The average molecular weight is 274 g/mol. The van der Waals surface area contributed by atoms with E-state index in [0.29, 0.717) is 11.6 Å². The molecule has 1 amide bonds. The van der Waals surface area contributed by atoms with Crippen molar-refractivity contribution >= 4 is 17.3 Å². The van der Waals surface area contributed by atoms with Gasteiger partial charge in [0.25, 0.3) is 0 Å². The molecule has 2 N–H and O–H groups in total. The molecule has 0 unspecified atom stereocenters. The van der Waals surface area contributed by atoms with Gasteiger partial charge in [0.15, 0.2) is 0 Å². The third-order valence-corrected chi connectivity index (χ3v) is 4.57. The largest absolute Gasteiger partial charge is 0.399 e. The second-order valence-corrected chi connectivity index (χ2v) is 5.89. The fourth-order valence-corrected chi connectivity index (χ4v) is 3.32. The van der Waals surface area contributed by atoms with Crippen LogP contribution in [0.4, 0.5) is 11.4 Å². The van der Waals surface area contributed by atoms with Crippen LogP contribution in [0.3, 0.4) is 0 Å². The molecule has 110 valence electrons. The van der Waals surface area contributed by atoms with E-state index in [1.807, 2.05) is 29.2 Å². The molecule has 1 aliphatic carbocycles. The van der Waals surface area contributed by atoms with Gasteiger partial charge in [0.05, 0.1) is 0 Å². The van der Waals surface area contributed by atoms with Gasteiger partial charge in [-0.25, -0.2) is 0 Å². The van der Waals surface area contributed by atoms with E-state index in [1.54, 1.807) is 0 Å². The number of rotatable bonds is 5. The number of anilines is 2. The molecule has 1 aromatic carbocycles. The molecular weight excluding hydrogens is 248 g/mol. The fourth-order valence-electron chi connectivity index (χ4n) is 3.32. The molecule has 0 saturated heterocycles. The van der Waals surface area contributed by atoms with Gasteiger partial charge in [-0.3, -0.25) is 4.79 Å². The van der Waals surface area contributed by atoms with Crippen LogP contribution in [0, 0.1) is 5.41 Å². The van der Waals surface area contributed by atoms with Crippen molar-refractivity contribution in [3.8, 4) is 0 Å². The number of nitrogen functional groups attached to an aromatic ring is 1. The molecule has 1 aromatic rings. The molecule has 3 heteroatoms. The first-order valence-corrected chi connectivity index (χ1v) is 7.80. The van der Waals surface area contributed by atoms with Crippen LogP contribution in [0.5, 0.6) is 0 Å². The predicted octanol–water partition coefficient (Wildman–Crippen LogP) is 3.98. The lowest BCUT2D eigenvalue weighted by Gasteiger charge is -2.34. The lowest BCUT2D eigenvalue weighted by atomic mass is 9.81. The average Bonchev–Trinajstić information content (AvgIpc) is 2.94. The number of carbonyl (C=O) groups is 1. The zero-order valence-electron chi connectivity index (χ0n) is 12.7. The van der Waals surface area contributed by atoms with Gasteiger partial charge in [-0.15, -0.1) is 0 Å². The maximum absolute atomic E-state index is 13.1. The van der Waals surface area contributed by atoms with Gasteiger partial charge < -0.3 is 10.6 Å². The summed E-state index contributed by atoms with van der Waals surface area (Å²) >= 11 is 0. The normalized spacial score (nSPS) is 17.1. The van der Waals surface area contributed by atoms with Gasteiger partial charge in [-0.1, -0.05) is 32.8 Å². The number of nitrogens with two attached hydrogens (primary N) is 1. The maximum Gasteiger partial charge on any atom is 0.233 e. The maximum atomic E-state index is 13.1. The Morgan fingerprint density at radius 2 is 2.00 bits per heavy atom. The highest BCUT2D eigenvalue weighted by Crippen LogP contribution is 2.43. The van der Waals surface area contributed by atoms with E-state index >= 15 is 0 Å². The van der Waals surface area contributed by atoms with Crippen molar-refractivity contribution in [2.45, 2.75) is 52.4 Å². The number of hydrogen-bond donors (Lipinski definition) is 1. The molecule has 0 heterocycles. The highest BCUT2D eigenvalue weighted by atomic mass is 16.2. The van der Waals surface area contributed by atoms with Crippen molar-refractivity contribution in [1.29, 1.82) is 0 Å². The summed E-state index contributed by atoms with van der Waals surface area (Å²) < 4.78 is 0. The SMILES string of the molecule is CCCN(C(=O)C1(CC)CCCC1)c1cccc(N)c1. The first-order chi connectivity index (χ1) is 9.63. The Morgan fingerprint density at radius 3 is 2.55 bits per heavy atom. The Morgan fingerprint density at radius 1 is 1.30 bits per heavy atom. The molecule has 0 atom stereocenters. The zero-order chi connectivity index (χ0) is 14.6. The lowest BCUT2D eigenvalue weighted by molar-refractivity contribution is -0.128. The minimum atomic E-state index is -0.139. The van der Waals surface area contributed by atoms with Crippen LogP contribution in [0.15, 0.2) is 24.3 Å². The van der Waals surface area contributed by atoms with Crippen LogP contribution < -0.4 is 10.6 Å². The number of hydrogen-bond acceptors (Lipinski definition) is 2. The fraction of sp³-hybridized carbons (Fsp3) is 0.588. The van der Waals surface area contributed by atoms with Gasteiger partial charge in [0.1, 0.15) is 0 Å². The minimum Gasteiger partial charge on any atom is -0.399 e. The van der Waals surface area contributed by atoms with Crippen molar-refractivity contribution in [2.75, 3.05) is 17.2 Å². The standard InChI is InChI=1S/C17H26N2O/c1-3-12-19(15-9-7-8-14(18)13-15)16(20)17(4-2)10-5-6-11-17/h7-9,13H,3-6,10-12,18H2,1-2H3.